The lowest BCUT2D eigenvalue weighted by Gasteiger charge is -2.46. The molecular formula is C22H24N5O2+. The molecule has 0 bridgehead atoms. The second kappa shape index (κ2) is 7.95. The molecule has 29 heavy (non-hydrogen) atoms. The molecule has 2 aliphatic rings. The fraction of sp³-hybridized carbons (Fsp3) is 0.455. The van der Waals surface area contributed by atoms with Crippen molar-refractivity contribution in [2.24, 2.45) is 17.3 Å². The molecule has 1 aromatic carbocycles. The highest BCUT2D eigenvalue weighted by molar-refractivity contribution is 6.01. The van der Waals surface area contributed by atoms with Gasteiger partial charge in [0.2, 0.25) is 0 Å². The number of benzene rings is 1. The number of fused-ring (bicyclic) bond motifs is 1. The highest BCUT2D eigenvalue weighted by Crippen LogP contribution is 2.54. The van der Waals surface area contributed by atoms with Gasteiger partial charge in [-0.15, -0.1) is 0 Å². The molecule has 0 amide bonds. The largest absolute Gasteiger partial charge is 0.497 e. The van der Waals surface area contributed by atoms with Gasteiger partial charge in [-0.1, -0.05) is 0 Å². The minimum absolute atomic E-state index is 0.151. The van der Waals surface area contributed by atoms with Crippen LogP contribution in [0.4, 0.5) is 0 Å². The van der Waals surface area contributed by atoms with Crippen LogP contribution >= 0.6 is 0 Å². The van der Waals surface area contributed by atoms with Crippen molar-refractivity contribution in [3.05, 3.63) is 35.4 Å². The molecule has 2 N–H and O–H groups in total. The van der Waals surface area contributed by atoms with E-state index in [4.69, 9.17) is 14.9 Å². The van der Waals surface area contributed by atoms with E-state index in [1.54, 1.807) is 32.4 Å². The zero-order valence-corrected chi connectivity index (χ0v) is 16.8. The van der Waals surface area contributed by atoms with E-state index >= 15 is 0 Å². The second-order valence-electron chi connectivity index (χ2n) is 7.42. The van der Waals surface area contributed by atoms with Gasteiger partial charge in [0.15, 0.2) is 5.41 Å². The summed E-state index contributed by atoms with van der Waals surface area (Å²) in [5.74, 6) is -0.589. The van der Waals surface area contributed by atoms with Crippen LogP contribution in [0.2, 0.25) is 0 Å². The third kappa shape index (κ3) is 3.03. The van der Waals surface area contributed by atoms with Crippen molar-refractivity contribution in [2.75, 3.05) is 33.9 Å². The summed E-state index contributed by atoms with van der Waals surface area (Å²) in [5, 5.41) is 38.8. The second-order valence-corrected chi connectivity index (χ2v) is 7.42. The van der Waals surface area contributed by atoms with E-state index in [2.05, 4.69) is 25.1 Å². The number of rotatable bonds is 4. The predicted molar refractivity (Wildman–Crippen MR) is 106 cm³/mol. The normalized spacial score (nSPS) is 27.4. The van der Waals surface area contributed by atoms with Gasteiger partial charge in [0.25, 0.3) is 0 Å². The summed E-state index contributed by atoms with van der Waals surface area (Å²) in [5.41, 5.74) is -0.407. The van der Waals surface area contributed by atoms with Crippen molar-refractivity contribution in [1.82, 2.24) is 0 Å². The van der Waals surface area contributed by atoms with E-state index < -0.39 is 17.3 Å². The van der Waals surface area contributed by atoms with Gasteiger partial charge in [-0.3, -0.25) is 0 Å². The van der Waals surface area contributed by atoms with Crippen LogP contribution in [0.15, 0.2) is 29.8 Å². The molecule has 1 aliphatic heterocycles. The molecule has 0 radical (unpaired) electrons. The Hall–Kier alpha value is -3.34. The first-order valence-corrected chi connectivity index (χ1v) is 9.57. The van der Waals surface area contributed by atoms with Gasteiger partial charge in [0, 0.05) is 17.4 Å². The molecule has 0 aromatic heterocycles. The lowest BCUT2D eigenvalue weighted by molar-refractivity contribution is -0.897. The van der Waals surface area contributed by atoms with Gasteiger partial charge in [-0.05, 0) is 36.8 Å². The molecule has 148 valence electrons. The van der Waals surface area contributed by atoms with Crippen LogP contribution in [-0.4, -0.2) is 39.6 Å². The van der Waals surface area contributed by atoms with E-state index in [9.17, 15) is 15.8 Å². The van der Waals surface area contributed by atoms with Crippen molar-refractivity contribution in [3.8, 4) is 29.7 Å². The Kier molecular flexibility index (Phi) is 5.59. The lowest BCUT2D eigenvalue weighted by atomic mass is 9.54. The smallest absolute Gasteiger partial charge is 0.190 e. The maximum Gasteiger partial charge on any atom is 0.190 e. The van der Waals surface area contributed by atoms with Crippen molar-refractivity contribution in [2.45, 2.75) is 12.8 Å². The first-order chi connectivity index (χ1) is 14.0. The Morgan fingerprint density at radius 1 is 1.21 bits per heavy atom. The van der Waals surface area contributed by atoms with Gasteiger partial charge in [0.1, 0.15) is 17.4 Å². The summed E-state index contributed by atoms with van der Waals surface area (Å²) >= 11 is 0. The van der Waals surface area contributed by atoms with E-state index in [1.165, 1.54) is 4.90 Å². The molecular weight excluding hydrogens is 366 g/mol. The van der Waals surface area contributed by atoms with Crippen molar-refractivity contribution in [1.29, 1.82) is 21.2 Å². The van der Waals surface area contributed by atoms with E-state index in [0.717, 1.165) is 18.7 Å². The van der Waals surface area contributed by atoms with Gasteiger partial charge >= 0.3 is 0 Å². The minimum atomic E-state index is -1.75. The van der Waals surface area contributed by atoms with Crippen molar-refractivity contribution < 1.29 is 14.4 Å². The summed E-state index contributed by atoms with van der Waals surface area (Å²) < 4.78 is 10.9. The molecule has 1 aliphatic carbocycles. The lowest BCUT2D eigenvalue weighted by Crippen LogP contribution is -3.13. The molecule has 1 fully saturated rings. The summed E-state index contributed by atoms with van der Waals surface area (Å²) in [7, 11) is 3.09. The number of methoxy groups -OCH3 is 2. The van der Waals surface area contributed by atoms with E-state index in [1.807, 2.05) is 6.08 Å². The third-order valence-corrected chi connectivity index (χ3v) is 6.23. The number of nitrogens with one attached hydrogen (secondary N) is 2. The van der Waals surface area contributed by atoms with E-state index in [0.29, 0.717) is 23.6 Å². The summed E-state index contributed by atoms with van der Waals surface area (Å²) in [6.45, 7) is 4.43. The molecule has 0 saturated heterocycles. The van der Waals surface area contributed by atoms with Crippen LogP contribution in [0.1, 0.15) is 18.4 Å². The maximum absolute atomic E-state index is 10.1. The number of hydrogen-bond acceptors (Lipinski definition) is 6. The number of quaternary nitrogens is 1. The number of nitriles is 3. The Balaban J connectivity index is 2.32. The van der Waals surface area contributed by atoms with Crippen LogP contribution < -0.4 is 14.4 Å². The van der Waals surface area contributed by atoms with Crippen LogP contribution in [0, 0.1) is 56.7 Å². The van der Waals surface area contributed by atoms with Gasteiger partial charge in [-0.25, -0.2) is 0 Å². The maximum atomic E-state index is 10.1. The van der Waals surface area contributed by atoms with Crippen molar-refractivity contribution in [3.63, 3.8) is 0 Å². The molecule has 3 rings (SSSR count). The standard InChI is InChI=1S/C22H23N5O2/c1-4-27-8-7-15-17(10-23)21(26)22(12-24,13-25)20(18(15)11-27)16-9-14(28-2)5-6-19(16)29-3/h5-7,9,17-18,20,26H,4,8,11H2,1-3H3/p+1/t17?,18-,20-/m0/s1. The monoisotopic (exact) mass is 390 g/mol. The topological polar surface area (TPSA) is 118 Å². The Labute approximate surface area is 170 Å². The number of hydrogen-bond donors (Lipinski definition) is 2. The van der Waals surface area contributed by atoms with Gasteiger partial charge < -0.3 is 19.8 Å². The summed E-state index contributed by atoms with van der Waals surface area (Å²) in [6, 6.07) is 11.7. The fourth-order valence-corrected chi connectivity index (χ4v) is 4.68. The molecule has 1 saturated carbocycles. The molecule has 1 aromatic rings. The minimum Gasteiger partial charge on any atom is -0.497 e. The average Bonchev–Trinajstić information content (AvgIpc) is 2.77. The summed E-state index contributed by atoms with van der Waals surface area (Å²) in [4.78, 5) is 1.31. The van der Waals surface area contributed by atoms with Crippen LogP contribution in [0.5, 0.6) is 11.5 Å². The highest BCUT2D eigenvalue weighted by Gasteiger charge is 2.59. The Morgan fingerprint density at radius 3 is 2.48 bits per heavy atom. The molecule has 7 nitrogen and oxygen atoms in total. The molecule has 7 heteroatoms. The zero-order chi connectivity index (χ0) is 21.2. The first kappa shape index (κ1) is 20.4. The molecule has 1 heterocycles. The fourth-order valence-electron chi connectivity index (χ4n) is 4.68. The molecule has 4 atom stereocenters. The Bertz CT molecular complexity index is 964. The van der Waals surface area contributed by atoms with Crippen LogP contribution in [0.25, 0.3) is 0 Å². The summed E-state index contributed by atoms with van der Waals surface area (Å²) in [6.07, 6.45) is 2.02. The molecule has 0 spiro atoms. The SMILES string of the molecule is CC[NH+]1CC=C2C(C#N)C(=N)C(C#N)(C#N)[C@@H](c3cc(OC)ccc3OC)[C@H]2C1. The van der Waals surface area contributed by atoms with Crippen molar-refractivity contribution >= 4 is 5.71 Å². The van der Waals surface area contributed by atoms with Gasteiger partial charge in [0.05, 0.1) is 57.8 Å². The van der Waals surface area contributed by atoms with Crippen LogP contribution in [0.3, 0.4) is 0 Å². The Morgan fingerprint density at radius 2 is 1.93 bits per heavy atom. The van der Waals surface area contributed by atoms with Crippen LogP contribution in [-0.2, 0) is 0 Å². The zero-order valence-electron chi connectivity index (χ0n) is 16.8. The molecule has 2 unspecified atom stereocenters. The predicted octanol–water partition coefficient (Wildman–Crippen LogP) is 1.46. The first-order valence-electron chi connectivity index (χ1n) is 9.57. The highest BCUT2D eigenvalue weighted by atomic mass is 16.5. The number of likely N-dealkylation sites (N-methyl/N-ethyl adjacent to an activating group) is 1. The quantitative estimate of drug-likeness (QED) is 0.755. The third-order valence-electron chi connectivity index (χ3n) is 6.23. The number of nitrogens with zero attached hydrogens (tertiary/aromatic N) is 3. The van der Waals surface area contributed by atoms with E-state index in [-0.39, 0.29) is 11.6 Å². The number of ether oxygens (including phenoxy) is 2. The van der Waals surface area contributed by atoms with Gasteiger partial charge in [-0.2, -0.15) is 15.8 Å². The average molecular weight is 390 g/mol.